The Balaban J connectivity index is 1.67. The number of carbonyl (C=O) groups excluding carboxylic acids is 3. The first-order chi connectivity index (χ1) is 15.4. The minimum Gasteiger partial charge on any atom is -0.451 e. The summed E-state index contributed by atoms with van der Waals surface area (Å²) in [6, 6.07) is 17.1. The first-order valence-corrected chi connectivity index (χ1v) is 10.8. The van der Waals surface area contributed by atoms with E-state index in [1.54, 1.807) is 24.3 Å². The summed E-state index contributed by atoms with van der Waals surface area (Å²) in [5.74, 6) is -1.83. The molecule has 2 aromatic carbocycles. The van der Waals surface area contributed by atoms with E-state index in [9.17, 15) is 14.4 Å². The molecular formula is C24H23N3O4S. The number of aryl methyl sites for hydroxylation is 1. The van der Waals surface area contributed by atoms with Crippen molar-refractivity contribution in [2.75, 3.05) is 6.61 Å². The number of hydrogen-bond acceptors (Lipinski definition) is 5. The van der Waals surface area contributed by atoms with Gasteiger partial charge in [-0.1, -0.05) is 60.2 Å². The molecule has 1 aromatic heterocycles. The highest BCUT2D eigenvalue weighted by atomic mass is 32.1. The van der Waals surface area contributed by atoms with E-state index >= 15 is 0 Å². The molecule has 164 valence electrons. The van der Waals surface area contributed by atoms with Crippen LogP contribution in [0, 0.1) is 6.92 Å². The molecule has 0 radical (unpaired) electrons. The van der Waals surface area contributed by atoms with E-state index in [0.717, 1.165) is 5.56 Å². The fraction of sp³-hybridized carbons (Fsp3) is 0.167. The summed E-state index contributed by atoms with van der Waals surface area (Å²) in [7, 11) is 0. The quantitative estimate of drug-likeness (QED) is 0.443. The molecule has 0 aliphatic heterocycles. The molecule has 7 nitrogen and oxygen atoms in total. The number of ether oxygens (including phenoxy) is 1. The Labute approximate surface area is 189 Å². The predicted octanol–water partition coefficient (Wildman–Crippen LogP) is 3.05. The largest absolute Gasteiger partial charge is 0.451 e. The third-order valence-electron chi connectivity index (χ3n) is 4.32. The van der Waals surface area contributed by atoms with Crippen LogP contribution < -0.4 is 10.1 Å². The van der Waals surface area contributed by atoms with E-state index < -0.39 is 24.4 Å². The minimum atomic E-state index is -0.814. The average Bonchev–Trinajstić information content (AvgIpc) is 3.20. The Morgan fingerprint density at radius 2 is 1.81 bits per heavy atom. The van der Waals surface area contributed by atoms with Gasteiger partial charge in [0, 0.05) is 25.0 Å². The molecule has 1 N–H and O–H groups in total. The maximum Gasteiger partial charge on any atom is 0.355 e. The van der Waals surface area contributed by atoms with Gasteiger partial charge in [0.25, 0.3) is 5.91 Å². The minimum absolute atomic E-state index is 0.0536. The maximum atomic E-state index is 12.4. The molecular weight excluding hydrogens is 426 g/mol. The lowest BCUT2D eigenvalue weighted by molar-refractivity contribution is -0.144. The number of nitrogens with zero attached hydrogens (tertiary/aromatic N) is 2. The van der Waals surface area contributed by atoms with E-state index in [1.807, 2.05) is 53.4 Å². The Kier molecular flexibility index (Phi) is 7.88. The van der Waals surface area contributed by atoms with Crippen LogP contribution in [0.3, 0.4) is 0 Å². The van der Waals surface area contributed by atoms with E-state index in [4.69, 9.17) is 4.74 Å². The van der Waals surface area contributed by atoms with Gasteiger partial charge in [0.05, 0.1) is 0 Å². The van der Waals surface area contributed by atoms with Gasteiger partial charge in [-0.3, -0.25) is 9.59 Å². The van der Waals surface area contributed by atoms with Gasteiger partial charge in [0.1, 0.15) is 5.70 Å². The summed E-state index contributed by atoms with van der Waals surface area (Å²) < 4.78 is 6.94. The highest BCUT2D eigenvalue weighted by Gasteiger charge is 2.15. The summed E-state index contributed by atoms with van der Waals surface area (Å²) in [6.07, 6.45) is 3.33. The number of carbonyl (C=O) groups is 3. The standard InChI is InChI=1S/C24H23N3O4S/c1-17-8-10-20(11-9-17)15-27-12-13-32-24(27)26-22(29)16-31-23(30)21(25-18(2)28)14-19-6-4-3-5-7-19/h3-14H,15-16H2,1-2H3,(H,25,28). The van der Waals surface area contributed by atoms with E-state index in [0.29, 0.717) is 16.9 Å². The molecule has 0 aliphatic carbocycles. The van der Waals surface area contributed by atoms with Crippen LogP contribution in [-0.2, 0) is 25.7 Å². The SMILES string of the molecule is CC(=O)NC(=Cc1ccccc1)C(=O)OCC(=O)N=c1sccn1Cc1ccc(C)cc1. The van der Waals surface area contributed by atoms with Crippen molar-refractivity contribution in [1.82, 2.24) is 9.88 Å². The van der Waals surface area contributed by atoms with Gasteiger partial charge in [-0.2, -0.15) is 4.99 Å². The molecule has 8 heteroatoms. The Bertz CT molecular complexity index is 1190. The monoisotopic (exact) mass is 449 g/mol. The molecule has 3 rings (SSSR count). The topological polar surface area (TPSA) is 89.8 Å². The van der Waals surface area contributed by atoms with Crippen LogP contribution >= 0.6 is 11.3 Å². The zero-order valence-corrected chi connectivity index (χ0v) is 18.6. The van der Waals surface area contributed by atoms with Gasteiger partial charge >= 0.3 is 5.97 Å². The third-order valence-corrected chi connectivity index (χ3v) is 5.12. The molecule has 0 atom stereocenters. The summed E-state index contributed by atoms with van der Waals surface area (Å²) in [4.78, 5) is 40.8. The number of hydrogen-bond donors (Lipinski definition) is 1. The van der Waals surface area contributed by atoms with E-state index in [2.05, 4.69) is 10.3 Å². The number of amides is 2. The van der Waals surface area contributed by atoms with Crippen molar-refractivity contribution in [3.8, 4) is 0 Å². The van der Waals surface area contributed by atoms with Crippen molar-refractivity contribution in [1.29, 1.82) is 0 Å². The first-order valence-electron chi connectivity index (χ1n) is 9.89. The number of esters is 1. The number of nitrogens with one attached hydrogen (secondary N) is 1. The molecule has 0 saturated carbocycles. The lowest BCUT2D eigenvalue weighted by Crippen LogP contribution is -2.27. The number of benzene rings is 2. The summed E-state index contributed by atoms with van der Waals surface area (Å²) >= 11 is 1.32. The second-order valence-corrected chi connectivity index (χ2v) is 7.90. The Morgan fingerprint density at radius 1 is 1.09 bits per heavy atom. The molecule has 3 aromatic rings. The Morgan fingerprint density at radius 3 is 2.50 bits per heavy atom. The van der Waals surface area contributed by atoms with Crippen LogP contribution in [0.1, 0.15) is 23.6 Å². The summed E-state index contributed by atoms with van der Waals surface area (Å²) in [5.41, 5.74) is 2.91. The average molecular weight is 450 g/mol. The number of aromatic nitrogens is 1. The molecule has 0 bridgehead atoms. The molecule has 0 saturated heterocycles. The second kappa shape index (κ2) is 11.0. The van der Waals surface area contributed by atoms with E-state index in [1.165, 1.54) is 29.9 Å². The van der Waals surface area contributed by atoms with Gasteiger partial charge in [-0.25, -0.2) is 4.79 Å². The fourth-order valence-corrected chi connectivity index (χ4v) is 3.54. The normalized spacial score (nSPS) is 11.8. The molecule has 1 heterocycles. The highest BCUT2D eigenvalue weighted by Crippen LogP contribution is 2.07. The van der Waals surface area contributed by atoms with Crippen LogP contribution in [0.25, 0.3) is 6.08 Å². The zero-order valence-electron chi connectivity index (χ0n) is 17.8. The van der Waals surface area contributed by atoms with Gasteiger partial charge in [0.15, 0.2) is 11.4 Å². The van der Waals surface area contributed by atoms with Crippen LogP contribution in [0.2, 0.25) is 0 Å². The Hall–Kier alpha value is -3.78. The van der Waals surface area contributed by atoms with Crippen LogP contribution in [0.5, 0.6) is 0 Å². The smallest absolute Gasteiger partial charge is 0.355 e. The van der Waals surface area contributed by atoms with Crippen LogP contribution in [-0.4, -0.2) is 29.0 Å². The lowest BCUT2D eigenvalue weighted by atomic mass is 10.1. The zero-order chi connectivity index (χ0) is 22.9. The van der Waals surface area contributed by atoms with Crippen molar-refractivity contribution in [2.24, 2.45) is 4.99 Å². The molecule has 0 aliphatic rings. The molecule has 0 spiro atoms. The maximum absolute atomic E-state index is 12.4. The van der Waals surface area contributed by atoms with E-state index in [-0.39, 0.29) is 5.70 Å². The molecule has 32 heavy (non-hydrogen) atoms. The number of rotatable bonds is 7. The van der Waals surface area contributed by atoms with Gasteiger partial charge in [0.2, 0.25) is 5.91 Å². The lowest BCUT2D eigenvalue weighted by Gasteiger charge is -2.08. The van der Waals surface area contributed by atoms with Crippen LogP contribution in [0.15, 0.2) is 76.9 Å². The highest BCUT2D eigenvalue weighted by molar-refractivity contribution is 7.07. The fourth-order valence-electron chi connectivity index (χ4n) is 2.79. The van der Waals surface area contributed by atoms with Gasteiger partial charge in [-0.15, -0.1) is 11.3 Å². The van der Waals surface area contributed by atoms with Crippen molar-refractivity contribution in [2.45, 2.75) is 20.4 Å². The first kappa shape index (κ1) is 22.9. The van der Waals surface area contributed by atoms with Crippen molar-refractivity contribution in [3.05, 3.63) is 93.4 Å². The molecule has 0 unspecified atom stereocenters. The van der Waals surface area contributed by atoms with Crippen molar-refractivity contribution >= 4 is 35.2 Å². The van der Waals surface area contributed by atoms with Crippen LogP contribution in [0.4, 0.5) is 0 Å². The number of thiazole rings is 1. The van der Waals surface area contributed by atoms with Crippen molar-refractivity contribution in [3.63, 3.8) is 0 Å². The summed E-state index contributed by atoms with van der Waals surface area (Å²) in [5, 5.41) is 4.28. The van der Waals surface area contributed by atoms with Gasteiger partial charge in [-0.05, 0) is 24.1 Å². The predicted molar refractivity (Wildman–Crippen MR) is 122 cm³/mol. The van der Waals surface area contributed by atoms with Gasteiger partial charge < -0.3 is 14.6 Å². The molecule has 0 fully saturated rings. The third kappa shape index (κ3) is 6.88. The summed E-state index contributed by atoms with van der Waals surface area (Å²) in [6.45, 7) is 3.35. The second-order valence-electron chi connectivity index (χ2n) is 7.03. The van der Waals surface area contributed by atoms with Crippen molar-refractivity contribution < 1.29 is 19.1 Å². The molecule has 2 amide bonds.